The molecule has 1 aliphatic rings. The third-order valence-corrected chi connectivity index (χ3v) is 4.09. The molecule has 1 atom stereocenters. The Morgan fingerprint density at radius 2 is 1.89 bits per heavy atom. The van der Waals surface area contributed by atoms with Crippen LogP contribution in [0.25, 0.3) is 0 Å². The molecule has 0 aliphatic heterocycles. The van der Waals surface area contributed by atoms with Gasteiger partial charge in [-0.25, -0.2) is 4.39 Å². The fourth-order valence-corrected chi connectivity index (χ4v) is 2.94. The minimum Gasteiger partial charge on any atom is -0.496 e. The van der Waals surface area contributed by atoms with Gasteiger partial charge in [-0.1, -0.05) is 19.3 Å². The van der Waals surface area contributed by atoms with E-state index < -0.39 is 11.7 Å². The third-order valence-electron chi connectivity index (χ3n) is 4.09. The fourth-order valence-electron chi connectivity index (χ4n) is 2.94. The van der Waals surface area contributed by atoms with E-state index in [2.05, 4.69) is 0 Å². The zero-order valence-electron chi connectivity index (χ0n) is 11.5. The van der Waals surface area contributed by atoms with Crippen LogP contribution in [0.5, 0.6) is 5.75 Å². The lowest BCUT2D eigenvalue weighted by Crippen LogP contribution is -2.40. The molecule has 106 valence electrons. The van der Waals surface area contributed by atoms with E-state index in [1.54, 1.807) is 13.2 Å². The number of hydrogen-bond donors (Lipinski definition) is 1. The average Bonchev–Trinajstić information content (AvgIpc) is 2.47. The van der Waals surface area contributed by atoms with Crippen LogP contribution in [-0.4, -0.2) is 24.9 Å². The Balaban J connectivity index is 2.36. The minimum absolute atomic E-state index is 0.378. The second-order valence-electron chi connectivity index (χ2n) is 5.12. The first-order chi connectivity index (χ1) is 9.13. The van der Waals surface area contributed by atoms with Gasteiger partial charge in [-0.3, -0.25) is 0 Å². The molecule has 1 saturated carbocycles. The van der Waals surface area contributed by atoms with Crippen molar-refractivity contribution >= 4 is 0 Å². The number of ether oxygens (including phenoxy) is 2. The van der Waals surface area contributed by atoms with Crippen LogP contribution in [0.4, 0.5) is 4.39 Å². The van der Waals surface area contributed by atoms with Gasteiger partial charge in [0.05, 0.1) is 12.7 Å². The van der Waals surface area contributed by atoms with Crippen LogP contribution < -0.4 is 4.74 Å². The summed E-state index contributed by atoms with van der Waals surface area (Å²) in [7, 11) is 3.13. The lowest BCUT2D eigenvalue weighted by atomic mass is 9.78. The zero-order chi connectivity index (χ0) is 13.9. The van der Waals surface area contributed by atoms with E-state index in [0.29, 0.717) is 11.3 Å². The van der Waals surface area contributed by atoms with Crippen molar-refractivity contribution < 1.29 is 19.0 Å². The Hall–Kier alpha value is -1.13. The van der Waals surface area contributed by atoms with Crippen molar-refractivity contribution in [3.8, 4) is 5.75 Å². The largest absolute Gasteiger partial charge is 0.496 e. The second kappa shape index (κ2) is 5.88. The zero-order valence-corrected chi connectivity index (χ0v) is 11.5. The molecule has 3 nitrogen and oxygen atoms in total. The first kappa shape index (κ1) is 14.3. The molecule has 1 N–H and O–H groups in total. The predicted molar refractivity (Wildman–Crippen MR) is 70.7 cm³/mol. The van der Waals surface area contributed by atoms with E-state index in [4.69, 9.17) is 9.47 Å². The molecule has 19 heavy (non-hydrogen) atoms. The topological polar surface area (TPSA) is 38.7 Å². The van der Waals surface area contributed by atoms with Gasteiger partial charge in [0.25, 0.3) is 0 Å². The molecule has 1 aromatic rings. The molecule has 0 amide bonds. The Bertz CT molecular complexity index is 427. The van der Waals surface area contributed by atoms with Crippen molar-refractivity contribution in [2.75, 3.05) is 14.2 Å². The second-order valence-corrected chi connectivity index (χ2v) is 5.12. The summed E-state index contributed by atoms with van der Waals surface area (Å²) in [5, 5.41) is 10.7. The Kier molecular flexibility index (Phi) is 4.42. The molecule has 0 radical (unpaired) electrons. The van der Waals surface area contributed by atoms with Gasteiger partial charge in [-0.2, -0.15) is 0 Å². The fraction of sp³-hybridized carbons (Fsp3) is 0.600. The van der Waals surface area contributed by atoms with Gasteiger partial charge < -0.3 is 14.6 Å². The van der Waals surface area contributed by atoms with Crippen LogP contribution in [0, 0.1) is 5.82 Å². The summed E-state index contributed by atoms with van der Waals surface area (Å²) < 4.78 is 24.3. The normalized spacial score (nSPS) is 20.0. The molecule has 4 heteroatoms. The number of benzene rings is 1. The molecular formula is C15H21FO3. The van der Waals surface area contributed by atoms with Crippen LogP contribution in [0.3, 0.4) is 0 Å². The number of rotatable bonds is 4. The highest BCUT2D eigenvalue weighted by Gasteiger charge is 2.41. The number of halogens is 1. The summed E-state index contributed by atoms with van der Waals surface area (Å²) in [5.74, 6) is 0.118. The maximum atomic E-state index is 13.4. The first-order valence-electron chi connectivity index (χ1n) is 6.69. The van der Waals surface area contributed by atoms with E-state index in [9.17, 15) is 9.50 Å². The predicted octanol–water partition coefficient (Wildman–Crippen LogP) is 3.22. The molecule has 2 rings (SSSR count). The standard InChI is InChI=1S/C15H21FO3/c1-18-13-7-6-11(16)10-12(13)14(17)15(19-2)8-4-3-5-9-15/h6-7,10,14,17H,3-5,8-9H2,1-2H3. The summed E-state index contributed by atoms with van der Waals surface area (Å²) in [4.78, 5) is 0. The van der Waals surface area contributed by atoms with Gasteiger partial charge in [0.15, 0.2) is 0 Å². The maximum absolute atomic E-state index is 13.4. The maximum Gasteiger partial charge on any atom is 0.124 e. The smallest absolute Gasteiger partial charge is 0.124 e. The van der Waals surface area contributed by atoms with E-state index in [1.807, 2.05) is 0 Å². The summed E-state index contributed by atoms with van der Waals surface area (Å²) in [6.45, 7) is 0. The van der Waals surface area contributed by atoms with Crippen molar-refractivity contribution in [3.05, 3.63) is 29.6 Å². The molecule has 1 fully saturated rings. The highest BCUT2D eigenvalue weighted by Crippen LogP contribution is 2.43. The van der Waals surface area contributed by atoms with E-state index in [1.165, 1.54) is 19.2 Å². The van der Waals surface area contributed by atoms with Crippen LogP contribution in [0.15, 0.2) is 18.2 Å². The summed E-state index contributed by atoms with van der Waals surface area (Å²) in [5.41, 5.74) is -0.162. The lowest BCUT2D eigenvalue weighted by Gasteiger charge is -2.40. The van der Waals surface area contributed by atoms with E-state index >= 15 is 0 Å². The van der Waals surface area contributed by atoms with E-state index in [-0.39, 0.29) is 5.82 Å². The van der Waals surface area contributed by atoms with Crippen molar-refractivity contribution in [3.63, 3.8) is 0 Å². The molecular weight excluding hydrogens is 247 g/mol. The van der Waals surface area contributed by atoms with Crippen molar-refractivity contribution in [2.24, 2.45) is 0 Å². The van der Waals surface area contributed by atoms with Crippen LogP contribution in [0.2, 0.25) is 0 Å². The molecule has 1 unspecified atom stereocenters. The van der Waals surface area contributed by atoms with Gasteiger partial charge in [0.1, 0.15) is 17.7 Å². The number of hydrogen-bond acceptors (Lipinski definition) is 3. The average molecular weight is 268 g/mol. The number of aliphatic hydroxyl groups excluding tert-OH is 1. The van der Waals surface area contributed by atoms with Gasteiger partial charge in [0.2, 0.25) is 0 Å². The summed E-state index contributed by atoms with van der Waals surface area (Å²) in [6.07, 6.45) is 3.88. The highest BCUT2D eigenvalue weighted by atomic mass is 19.1. The molecule has 0 saturated heterocycles. The van der Waals surface area contributed by atoms with Crippen LogP contribution >= 0.6 is 0 Å². The van der Waals surface area contributed by atoms with Crippen LogP contribution in [0.1, 0.15) is 43.8 Å². The monoisotopic (exact) mass is 268 g/mol. The number of methoxy groups -OCH3 is 2. The minimum atomic E-state index is -0.872. The van der Waals surface area contributed by atoms with Gasteiger partial charge in [-0.15, -0.1) is 0 Å². The Morgan fingerprint density at radius 1 is 1.21 bits per heavy atom. The third kappa shape index (κ3) is 2.74. The van der Waals surface area contributed by atoms with Crippen molar-refractivity contribution in [1.82, 2.24) is 0 Å². The molecule has 0 spiro atoms. The van der Waals surface area contributed by atoms with Crippen LogP contribution in [-0.2, 0) is 4.74 Å². The lowest BCUT2D eigenvalue weighted by molar-refractivity contribution is -0.125. The molecule has 0 aromatic heterocycles. The summed E-state index contributed by atoms with van der Waals surface area (Å²) >= 11 is 0. The first-order valence-corrected chi connectivity index (χ1v) is 6.69. The molecule has 1 aliphatic carbocycles. The quantitative estimate of drug-likeness (QED) is 0.911. The van der Waals surface area contributed by atoms with Crippen molar-refractivity contribution in [1.29, 1.82) is 0 Å². The molecule has 0 heterocycles. The van der Waals surface area contributed by atoms with Gasteiger partial charge >= 0.3 is 0 Å². The molecule has 1 aromatic carbocycles. The van der Waals surface area contributed by atoms with Crippen molar-refractivity contribution in [2.45, 2.75) is 43.8 Å². The SMILES string of the molecule is COc1ccc(F)cc1C(O)C1(OC)CCCCC1. The number of aliphatic hydroxyl groups is 1. The van der Waals surface area contributed by atoms with E-state index in [0.717, 1.165) is 32.1 Å². The van der Waals surface area contributed by atoms with Gasteiger partial charge in [0, 0.05) is 12.7 Å². The van der Waals surface area contributed by atoms with Gasteiger partial charge in [-0.05, 0) is 31.0 Å². The molecule has 0 bridgehead atoms. The Morgan fingerprint density at radius 3 is 2.47 bits per heavy atom. The summed E-state index contributed by atoms with van der Waals surface area (Å²) in [6, 6.07) is 4.20. The Labute approximate surface area is 113 Å². The highest BCUT2D eigenvalue weighted by molar-refractivity contribution is 5.37.